The SMILES string of the molecule is Nc1cc(Br)cc(CCl)c1. The molecule has 1 aromatic carbocycles. The predicted octanol–water partition coefficient (Wildman–Crippen LogP) is 2.77. The zero-order chi connectivity index (χ0) is 7.56. The van der Waals surface area contributed by atoms with E-state index < -0.39 is 0 Å². The first-order chi connectivity index (χ1) is 4.72. The van der Waals surface area contributed by atoms with E-state index >= 15 is 0 Å². The first-order valence-corrected chi connectivity index (χ1v) is 4.16. The van der Waals surface area contributed by atoms with Crippen molar-refractivity contribution in [3.63, 3.8) is 0 Å². The first kappa shape index (κ1) is 7.89. The minimum absolute atomic E-state index is 0.504. The summed E-state index contributed by atoms with van der Waals surface area (Å²) in [5, 5.41) is 0. The second-order valence-corrected chi connectivity index (χ2v) is 3.21. The molecular formula is C7H7BrClN. The van der Waals surface area contributed by atoms with E-state index in [4.69, 9.17) is 17.3 Å². The lowest BCUT2D eigenvalue weighted by Crippen LogP contribution is -1.86. The summed E-state index contributed by atoms with van der Waals surface area (Å²) in [4.78, 5) is 0. The molecule has 1 aromatic rings. The van der Waals surface area contributed by atoms with E-state index in [-0.39, 0.29) is 0 Å². The summed E-state index contributed by atoms with van der Waals surface area (Å²) in [6.45, 7) is 0. The van der Waals surface area contributed by atoms with Crippen LogP contribution in [-0.4, -0.2) is 0 Å². The lowest BCUT2D eigenvalue weighted by molar-refractivity contribution is 1.39. The summed E-state index contributed by atoms with van der Waals surface area (Å²) >= 11 is 8.91. The van der Waals surface area contributed by atoms with Crippen LogP contribution in [0.4, 0.5) is 5.69 Å². The molecule has 0 aliphatic heterocycles. The number of nitrogen functional groups attached to an aromatic ring is 1. The van der Waals surface area contributed by atoms with Crippen LogP contribution >= 0.6 is 27.5 Å². The van der Waals surface area contributed by atoms with Crippen molar-refractivity contribution >= 4 is 33.2 Å². The highest BCUT2D eigenvalue weighted by molar-refractivity contribution is 9.10. The summed E-state index contributed by atoms with van der Waals surface area (Å²) in [5.41, 5.74) is 7.32. The summed E-state index contributed by atoms with van der Waals surface area (Å²) in [6, 6.07) is 5.65. The number of rotatable bonds is 1. The molecular weight excluding hydrogens is 213 g/mol. The maximum Gasteiger partial charge on any atom is 0.0475 e. The minimum atomic E-state index is 0.504. The Morgan fingerprint density at radius 3 is 2.60 bits per heavy atom. The number of benzene rings is 1. The van der Waals surface area contributed by atoms with Gasteiger partial charge in [-0.15, -0.1) is 11.6 Å². The Labute approximate surface area is 73.3 Å². The topological polar surface area (TPSA) is 26.0 Å². The van der Waals surface area contributed by atoms with Crippen LogP contribution in [0, 0.1) is 0 Å². The van der Waals surface area contributed by atoms with Crippen molar-refractivity contribution in [1.29, 1.82) is 0 Å². The number of hydrogen-bond donors (Lipinski definition) is 1. The summed E-state index contributed by atoms with van der Waals surface area (Å²) < 4.78 is 0.975. The average molecular weight is 220 g/mol. The Hall–Kier alpha value is -0.210. The van der Waals surface area contributed by atoms with Crippen LogP contribution in [0.2, 0.25) is 0 Å². The normalized spacial score (nSPS) is 9.80. The first-order valence-electron chi connectivity index (χ1n) is 2.83. The standard InChI is InChI=1S/C7H7BrClN/c8-6-1-5(4-9)2-7(10)3-6/h1-3H,4,10H2. The van der Waals surface area contributed by atoms with Crippen LogP contribution in [0.5, 0.6) is 0 Å². The molecule has 0 aliphatic carbocycles. The van der Waals surface area contributed by atoms with Gasteiger partial charge in [-0.05, 0) is 23.8 Å². The van der Waals surface area contributed by atoms with Crippen molar-refractivity contribution in [2.75, 3.05) is 5.73 Å². The highest BCUT2D eigenvalue weighted by Gasteiger charge is 1.93. The molecule has 0 saturated heterocycles. The maximum atomic E-state index is 5.59. The fourth-order valence-electron chi connectivity index (χ4n) is 0.753. The molecule has 0 saturated carbocycles. The lowest BCUT2D eigenvalue weighted by atomic mass is 10.2. The van der Waals surface area contributed by atoms with Crippen molar-refractivity contribution < 1.29 is 0 Å². The molecule has 2 N–H and O–H groups in total. The van der Waals surface area contributed by atoms with Crippen LogP contribution in [0.25, 0.3) is 0 Å². The minimum Gasteiger partial charge on any atom is -0.399 e. The zero-order valence-electron chi connectivity index (χ0n) is 5.27. The van der Waals surface area contributed by atoms with Crippen LogP contribution < -0.4 is 5.73 Å². The number of hydrogen-bond acceptors (Lipinski definition) is 1. The maximum absolute atomic E-state index is 5.59. The summed E-state index contributed by atoms with van der Waals surface area (Å²) in [7, 11) is 0. The largest absolute Gasteiger partial charge is 0.399 e. The number of alkyl halides is 1. The zero-order valence-corrected chi connectivity index (χ0v) is 7.61. The molecule has 0 aliphatic rings. The van der Waals surface area contributed by atoms with E-state index in [1.165, 1.54) is 0 Å². The smallest absolute Gasteiger partial charge is 0.0475 e. The third kappa shape index (κ3) is 1.89. The molecule has 0 bridgehead atoms. The quantitative estimate of drug-likeness (QED) is 0.572. The molecule has 3 heteroatoms. The van der Waals surface area contributed by atoms with E-state index in [2.05, 4.69) is 15.9 Å². The number of nitrogens with two attached hydrogens (primary N) is 1. The number of anilines is 1. The molecule has 1 rings (SSSR count). The van der Waals surface area contributed by atoms with Gasteiger partial charge in [-0.2, -0.15) is 0 Å². The third-order valence-corrected chi connectivity index (χ3v) is 1.90. The Kier molecular flexibility index (Phi) is 2.57. The number of halogens is 2. The van der Waals surface area contributed by atoms with Crippen molar-refractivity contribution in [2.45, 2.75) is 5.88 Å². The van der Waals surface area contributed by atoms with Gasteiger partial charge in [-0.3, -0.25) is 0 Å². The van der Waals surface area contributed by atoms with E-state index in [0.29, 0.717) is 5.88 Å². The molecule has 0 aromatic heterocycles. The van der Waals surface area contributed by atoms with Gasteiger partial charge in [0.15, 0.2) is 0 Å². The molecule has 0 atom stereocenters. The summed E-state index contributed by atoms with van der Waals surface area (Å²) in [6.07, 6.45) is 0. The molecule has 1 nitrogen and oxygen atoms in total. The van der Waals surface area contributed by atoms with Gasteiger partial charge in [-0.25, -0.2) is 0 Å². The molecule has 54 valence electrons. The van der Waals surface area contributed by atoms with Gasteiger partial charge in [0.05, 0.1) is 0 Å². The van der Waals surface area contributed by atoms with Crippen LogP contribution in [0.1, 0.15) is 5.56 Å². The van der Waals surface area contributed by atoms with Crippen LogP contribution in [0.3, 0.4) is 0 Å². The molecule has 0 heterocycles. The monoisotopic (exact) mass is 219 g/mol. The van der Waals surface area contributed by atoms with Gasteiger partial charge in [0.1, 0.15) is 0 Å². The van der Waals surface area contributed by atoms with Gasteiger partial charge in [0.25, 0.3) is 0 Å². The van der Waals surface area contributed by atoms with E-state index in [0.717, 1.165) is 15.7 Å². The summed E-state index contributed by atoms with van der Waals surface area (Å²) in [5.74, 6) is 0.504. The fourth-order valence-corrected chi connectivity index (χ4v) is 1.47. The molecule has 0 unspecified atom stereocenters. The van der Waals surface area contributed by atoms with E-state index in [1.54, 1.807) is 0 Å². The Bertz CT molecular complexity index is 217. The van der Waals surface area contributed by atoms with Crippen LogP contribution in [-0.2, 0) is 5.88 Å². The molecule has 0 fully saturated rings. The van der Waals surface area contributed by atoms with Crippen molar-refractivity contribution in [3.05, 3.63) is 28.2 Å². The van der Waals surface area contributed by atoms with Gasteiger partial charge in [0, 0.05) is 16.0 Å². The second kappa shape index (κ2) is 3.26. The molecule has 0 spiro atoms. The Balaban J connectivity index is 3.06. The Morgan fingerprint density at radius 2 is 2.10 bits per heavy atom. The van der Waals surface area contributed by atoms with Gasteiger partial charge < -0.3 is 5.73 Å². The highest BCUT2D eigenvalue weighted by Crippen LogP contribution is 2.18. The van der Waals surface area contributed by atoms with E-state index in [9.17, 15) is 0 Å². The molecule has 10 heavy (non-hydrogen) atoms. The van der Waals surface area contributed by atoms with E-state index in [1.807, 2.05) is 18.2 Å². The average Bonchev–Trinajstić information content (AvgIpc) is 1.85. The van der Waals surface area contributed by atoms with Gasteiger partial charge in [0.2, 0.25) is 0 Å². The van der Waals surface area contributed by atoms with Crippen molar-refractivity contribution in [2.24, 2.45) is 0 Å². The Morgan fingerprint density at radius 1 is 1.40 bits per heavy atom. The van der Waals surface area contributed by atoms with Gasteiger partial charge in [-0.1, -0.05) is 15.9 Å². The highest BCUT2D eigenvalue weighted by atomic mass is 79.9. The predicted molar refractivity (Wildman–Crippen MR) is 48.1 cm³/mol. The third-order valence-electron chi connectivity index (χ3n) is 1.13. The van der Waals surface area contributed by atoms with Gasteiger partial charge >= 0.3 is 0 Å². The van der Waals surface area contributed by atoms with Crippen molar-refractivity contribution in [1.82, 2.24) is 0 Å². The second-order valence-electron chi connectivity index (χ2n) is 2.03. The van der Waals surface area contributed by atoms with Crippen LogP contribution in [0.15, 0.2) is 22.7 Å². The molecule has 0 radical (unpaired) electrons. The lowest BCUT2D eigenvalue weighted by Gasteiger charge is -1.98. The fraction of sp³-hybridized carbons (Fsp3) is 0.143. The molecule has 0 amide bonds. The van der Waals surface area contributed by atoms with Crippen molar-refractivity contribution in [3.8, 4) is 0 Å².